The number of aromatic nitrogens is 4. The number of amides is 1. The SMILES string of the molecule is O=C(N1CCC[C@@H](c2nc(-c3ccncc3)n[nH]2)C1)C1(c2ccccc2)CC1. The number of carbonyl (C=O) groups excluding carboxylic acids is 1. The molecule has 2 fully saturated rings. The Labute approximate surface area is 164 Å². The van der Waals surface area contributed by atoms with Gasteiger partial charge in [-0.15, -0.1) is 0 Å². The van der Waals surface area contributed by atoms with Crippen LogP contribution in [0.15, 0.2) is 54.9 Å². The van der Waals surface area contributed by atoms with Crippen LogP contribution in [-0.2, 0) is 10.2 Å². The number of rotatable bonds is 4. The smallest absolute Gasteiger partial charge is 0.233 e. The second-order valence-electron chi connectivity index (χ2n) is 7.82. The number of piperidine rings is 1. The van der Waals surface area contributed by atoms with E-state index in [1.54, 1.807) is 12.4 Å². The molecule has 1 aliphatic carbocycles. The first-order valence-electron chi connectivity index (χ1n) is 9.94. The molecule has 1 atom stereocenters. The van der Waals surface area contributed by atoms with Gasteiger partial charge >= 0.3 is 0 Å². The molecule has 0 unspecified atom stereocenters. The summed E-state index contributed by atoms with van der Waals surface area (Å²) in [6, 6.07) is 14.0. The number of hydrogen-bond acceptors (Lipinski definition) is 4. The van der Waals surface area contributed by atoms with Crippen LogP contribution in [-0.4, -0.2) is 44.1 Å². The highest BCUT2D eigenvalue weighted by Crippen LogP contribution is 2.50. The summed E-state index contributed by atoms with van der Waals surface area (Å²) in [5.41, 5.74) is 1.80. The molecular weight excluding hydrogens is 350 g/mol. The van der Waals surface area contributed by atoms with Gasteiger partial charge < -0.3 is 4.90 Å². The highest BCUT2D eigenvalue weighted by Gasteiger charge is 2.53. The average molecular weight is 373 g/mol. The molecule has 1 saturated carbocycles. The molecule has 28 heavy (non-hydrogen) atoms. The van der Waals surface area contributed by atoms with Gasteiger partial charge in [0.1, 0.15) is 5.82 Å². The third-order valence-electron chi connectivity index (χ3n) is 6.02. The van der Waals surface area contributed by atoms with Crippen molar-refractivity contribution in [2.24, 2.45) is 0 Å². The monoisotopic (exact) mass is 373 g/mol. The van der Waals surface area contributed by atoms with Crippen molar-refractivity contribution in [2.75, 3.05) is 13.1 Å². The molecule has 1 saturated heterocycles. The maximum Gasteiger partial charge on any atom is 0.233 e. The molecular formula is C22H23N5O. The minimum Gasteiger partial charge on any atom is -0.341 e. The number of aromatic amines is 1. The van der Waals surface area contributed by atoms with E-state index in [0.717, 1.165) is 49.2 Å². The van der Waals surface area contributed by atoms with Crippen LogP contribution in [0.4, 0.5) is 0 Å². The van der Waals surface area contributed by atoms with E-state index >= 15 is 0 Å². The van der Waals surface area contributed by atoms with Gasteiger partial charge in [-0.2, -0.15) is 5.10 Å². The Morgan fingerprint density at radius 3 is 2.64 bits per heavy atom. The molecule has 1 aliphatic heterocycles. The van der Waals surface area contributed by atoms with Crippen molar-refractivity contribution >= 4 is 5.91 Å². The zero-order chi connectivity index (χ0) is 19.0. The van der Waals surface area contributed by atoms with Crippen LogP contribution in [0.3, 0.4) is 0 Å². The number of pyridine rings is 1. The second-order valence-corrected chi connectivity index (χ2v) is 7.82. The standard InChI is InChI=1S/C22H23N5O/c28-21(22(10-11-22)18-6-2-1-3-7-18)27-14-4-5-17(15-27)20-24-19(25-26-20)16-8-12-23-13-9-16/h1-3,6-9,12-13,17H,4-5,10-11,14-15H2,(H,24,25,26)/t17-/m1/s1. The number of carbonyl (C=O) groups is 1. The van der Waals surface area contributed by atoms with Crippen LogP contribution in [0, 0.1) is 0 Å². The Hall–Kier alpha value is -3.02. The molecule has 2 aromatic heterocycles. The van der Waals surface area contributed by atoms with Crippen molar-refractivity contribution in [3.63, 3.8) is 0 Å². The van der Waals surface area contributed by atoms with Crippen molar-refractivity contribution in [1.82, 2.24) is 25.1 Å². The number of hydrogen-bond donors (Lipinski definition) is 1. The van der Waals surface area contributed by atoms with Gasteiger partial charge in [-0.05, 0) is 43.4 Å². The van der Waals surface area contributed by atoms with Gasteiger partial charge in [0.25, 0.3) is 0 Å². The summed E-state index contributed by atoms with van der Waals surface area (Å²) in [4.78, 5) is 24.1. The first-order valence-corrected chi connectivity index (χ1v) is 9.94. The van der Waals surface area contributed by atoms with E-state index in [2.05, 4.69) is 27.3 Å². The second kappa shape index (κ2) is 6.86. The summed E-state index contributed by atoms with van der Waals surface area (Å²) in [5, 5.41) is 7.47. The van der Waals surface area contributed by atoms with Gasteiger partial charge in [0, 0.05) is 37.0 Å². The number of benzene rings is 1. The van der Waals surface area contributed by atoms with Crippen LogP contribution in [0.2, 0.25) is 0 Å². The van der Waals surface area contributed by atoms with Crippen molar-refractivity contribution in [3.05, 3.63) is 66.2 Å². The average Bonchev–Trinajstić information content (AvgIpc) is 3.44. The van der Waals surface area contributed by atoms with E-state index in [1.807, 2.05) is 35.2 Å². The van der Waals surface area contributed by atoms with Crippen LogP contribution >= 0.6 is 0 Å². The summed E-state index contributed by atoms with van der Waals surface area (Å²) in [5.74, 6) is 2.03. The molecule has 0 spiro atoms. The summed E-state index contributed by atoms with van der Waals surface area (Å²) >= 11 is 0. The first-order chi connectivity index (χ1) is 13.8. The van der Waals surface area contributed by atoms with Crippen molar-refractivity contribution in [2.45, 2.75) is 37.0 Å². The molecule has 6 nitrogen and oxygen atoms in total. The largest absolute Gasteiger partial charge is 0.341 e. The van der Waals surface area contributed by atoms with Crippen molar-refractivity contribution in [3.8, 4) is 11.4 Å². The third kappa shape index (κ3) is 2.99. The lowest BCUT2D eigenvalue weighted by Crippen LogP contribution is -2.44. The Morgan fingerprint density at radius 1 is 1.11 bits per heavy atom. The number of nitrogens with zero attached hydrogens (tertiary/aromatic N) is 4. The summed E-state index contributed by atoms with van der Waals surface area (Å²) in [6.45, 7) is 1.54. The molecule has 3 heterocycles. The molecule has 5 rings (SSSR count). The minimum absolute atomic E-state index is 0.201. The quantitative estimate of drug-likeness (QED) is 0.761. The van der Waals surface area contributed by atoms with Crippen LogP contribution in [0.5, 0.6) is 0 Å². The summed E-state index contributed by atoms with van der Waals surface area (Å²) in [6.07, 6.45) is 7.40. The zero-order valence-corrected chi connectivity index (χ0v) is 15.7. The minimum atomic E-state index is -0.299. The third-order valence-corrected chi connectivity index (χ3v) is 6.02. The predicted molar refractivity (Wildman–Crippen MR) is 106 cm³/mol. The van der Waals surface area contributed by atoms with Crippen molar-refractivity contribution < 1.29 is 4.79 Å². The van der Waals surface area contributed by atoms with Gasteiger partial charge in [-0.25, -0.2) is 4.98 Å². The van der Waals surface area contributed by atoms with Gasteiger partial charge in [-0.1, -0.05) is 30.3 Å². The molecule has 1 N–H and O–H groups in total. The van der Waals surface area contributed by atoms with Crippen LogP contribution < -0.4 is 0 Å². The van der Waals surface area contributed by atoms with E-state index < -0.39 is 0 Å². The van der Waals surface area contributed by atoms with Gasteiger partial charge in [-0.3, -0.25) is 14.9 Å². The highest BCUT2D eigenvalue weighted by atomic mass is 16.2. The predicted octanol–water partition coefficient (Wildman–Crippen LogP) is 3.30. The first kappa shape index (κ1) is 17.1. The Morgan fingerprint density at radius 2 is 1.89 bits per heavy atom. The van der Waals surface area contributed by atoms with Gasteiger partial charge in [0.15, 0.2) is 5.82 Å². The van der Waals surface area contributed by atoms with E-state index in [4.69, 9.17) is 4.98 Å². The van der Waals surface area contributed by atoms with Gasteiger partial charge in [0.2, 0.25) is 5.91 Å². The molecule has 3 aromatic rings. The molecule has 2 aliphatic rings. The maximum absolute atomic E-state index is 13.4. The van der Waals surface area contributed by atoms with E-state index in [9.17, 15) is 4.79 Å². The van der Waals surface area contributed by atoms with E-state index in [-0.39, 0.29) is 17.2 Å². The van der Waals surface area contributed by atoms with Crippen LogP contribution in [0.1, 0.15) is 43.0 Å². The Bertz CT molecular complexity index is 965. The maximum atomic E-state index is 13.4. The number of H-pyrrole nitrogens is 1. The molecule has 6 heteroatoms. The molecule has 1 aromatic carbocycles. The Kier molecular flexibility index (Phi) is 4.19. The van der Waals surface area contributed by atoms with Crippen molar-refractivity contribution in [1.29, 1.82) is 0 Å². The highest BCUT2D eigenvalue weighted by molar-refractivity contribution is 5.91. The number of likely N-dealkylation sites (tertiary alicyclic amines) is 1. The molecule has 142 valence electrons. The lowest BCUT2D eigenvalue weighted by Gasteiger charge is -2.34. The van der Waals surface area contributed by atoms with E-state index in [0.29, 0.717) is 12.4 Å². The topological polar surface area (TPSA) is 74.8 Å². The number of nitrogens with one attached hydrogen (secondary N) is 1. The lowest BCUT2D eigenvalue weighted by molar-refractivity contribution is -0.135. The summed E-state index contributed by atoms with van der Waals surface area (Å²) < 4.78 is 0. The fourth-order valence-electron chi connectivity index (χ4n) is 4.28. The fraction of sp³-hybridized carbons (Fsp3) is 0.364. The Balaban J connectivity index is 1.33. The summed E-state index contributed by atoms with van der Waals surface area (Å²) in [7, 11) is 0. The normalized spacial score (nSPS) is 20.7. The zero-order valence-electron chi connectivity index (χ0n) is 15.7. The molecule has 0 radical (unpaired) electrons. The van der Waals surface area contributed by atoms with Gasteiger partial charge in [0.05, 0.1) is 5.41 Å². The fourth-order valence-corrected chi connectivity index (χ4v) is 4.28. The lowest BCUT2D eigenvalue weighted by atomic mass is 9.91. The molecule has 1 amide bonds. The van der Waals surface area contributed by atoms with E-state index in [1.165, 1.54) is 0 Å². The molecule has 0 bridgehead atoms. The van der Waals surface area contributed by atoms with Crippen LogP contribution in [0.25, 0.3) is 11.4 Å².